The molecule has 0 aromatic heterocycles. The Morgan fingerprint density at radius 1 is 0.619 bits per heavy atom. The summed E-state index contributed by atoms with van der Waals surface area (Å²) >= 11 is 13.2. The molecule has 3 heteroatoms. The van der Waals surface area contributed by atoms with E-state index in [4.69, 9.17) is 23.2 Å². The fourth-order valence-electron chi connectivity index (χ4n) is 3.81. The van der Waals surface area contributed by atoms with Gasteiger partial charge in [-0.25, -0.2) is 0 Å². The summed E-state index contributed by atoms with van der Waals surface area (Å²) in [6, 6.07) is 0. The van der Waals surface area contributed by atoms with Gasteiger partial charge in [-0.05, 0) is 38.8 Å². The Labute approximate surface area is 141 Å². The Balaban J connectivity index is 2.47. The van der Waals surface area contributed by atoms with E-state index >= 15 is 0 Å². The molecule has 0 bridgehead atoms. The van der Waals surface area contributed by atoms with Crippen molar-refractivity contribution in [1.82, 2.24) is 0 Å². The van der Waals surface area contributed by atoms with E-state index in [1.807, 2.05) is 0 Å². The summed E-state index contributed by atoms with van der Waals surface area (Å²) in [7, 11) is -0.559. The number of hydrogen-bond acceptors (Lipinski definition) is 0. The molecular weight excluding hydrogens is 315 g/mol. The zero-order chi connectivity index (χ0) is 16.3. The van der Waals surface area contributed by atoms with Gasteiger partial charge in [0.2, 0.25) is 0 Å². The van der Waals surface area contributed by atoms with Crippen LogP contribution in [0.5, 0.6) is 0 Å². The Morgan fingerprint density at radius 2 is 0.905 bits per heavy atom. The van der Waals surface area contributed by atoms with Crippen LogP contribution in [0.2, 0.25) is 0 Å². The lowest BCUT2D eigenvalue weighted by Gasteiger charge is -2.30. The minimum Gasteiger partial charge on any atom is -0.0879 e. The largest absolute Gasteiger partial charge is 0.0879 e. The maximum Gasteiger partial charge on any atom is 0.0804 e. The van der Waals surface area contributed by atoms with E-state index in [0.29, 0.717) is 0 Å². The lowest BCUT2D eigenvalue weighted by molar-refractivity contribution is 0.587. The standard InChI is InChI=1S/C18H26Cl2Si/c1-9-11(3)15(17(5,6)13(9)19)21-16-12(4)10(2)14(20)18(16,7)8/h21H2,1-8H3. The lowest BCUT2D eigenvalue weighted by atomic mass is 9.94. The van der Waals surface area contributed by atoms with Crippen LogP contribution in [0.3, 0.4) is 0 Å². The van der Waals surface area contributed by atoms with Crippen LogP contribution in [0.25, 0.3) is 0 Å². The first-order chi connectivity index (χ1) is 9.44. The molecule has 0 spiro atoms. The SMILES string of the molecule is CC1=C(Cl)C(C)(C)C([SiH2]C2=C(C)C(C)=C(Cl)C2(C)C)=C1C. The van der Waals surface area contributed by atoms with Gasteiger partial charge in [0.05, 0.1) is 9.52 Å². The number of hydrogen-bond donors (Lipinski definition) is 0. The van der Waals surface area contributed by atoms with Gasteiger partial charge in [0.15, 0.2) is 0 Å². The smallest absolute Gasteiger partial charge is 0.0804 e. The average Bonchev–Trinajstić information content (AvgIpc) is 2.63. The number of halogens is 2. The monoisotopic (exact) mass is 340 g/mol. The molecule has 0 amide bonds. The molecule has 0 radical (unpaired) electrons. The third kappa shape index (κ3) is 2.33. The van der Waals surface area contributed by atoms with Crippen LogP contribution in [0.4, 0.5) is 0 Å². The fraction of sp³-hybridized carbons (Fsp3) is 0.556. The molecular formula is C18H26Cl2Si. The lowest BCUT2D eigenvalue weighted by Crippen LogP contribution is -2.25. The molecule has 0 saturated carbocycles. The molecule has 0 heterocycles. The highest BCUT2D eigenvalue weighted by Gasteiger charge is 2.41. The second kappa shape index (κ2) is 5.14. The first-order valence-corrected chi connectivity index (χ1v) is 9.76. The topological polar surface area (TPSA) is 0 Å². The van der Waals surface area contributed by atoms with E-state index in [2.05, 4.69) is 55.4 Å². The summed E-state index contributed by atoms with van der Waals surface area (Å²) in [6.07, 6.45) is 0. The van der Waals surface area contributed by atoms with Gasteiger partial charge >= 0.3 is 0 Å². The molecule has 0 aliphatic heterocycles. The first-order valence-electron chi connectivity index (χ1n) is 7.59. The van der Waals surface area contributed by atoms with Crippen molar-refractivity contribution in [2.45, 2.75) is 55.4 Å². The highest BCUT2D eigenvalue weighted by molar-refractivity contribution is 6.57. The average molecular weight is 341 g/mol. The van der Waals surface area contributed by atoms with E-state index in [9.17, 15) is 0 Å². The van der Waals surface area contributed by atoms with Crippen molar-refractivity contribution in [2.75, 3.05) is 0 Å². The van der Waals surface area contributed by atoms with Crippen molar-refractivity contribution >= 4 is 32.7 Å². The third-order valence-electron chi connectivity index (χ3n) is 5.65. The van der Waals surface area contributed by atoms with E-state index in [0.717, 1.165) is 10.1 Å². The molecule has 21 heavy (non-hydrogen) atoms. The van der Waals surface area contributed by atoms with E-state index in [1.165, 1.54) is 22.3 Å². The van der Waals surface area contributed by atoms with Crippen LogP contribution in [0, 0.1) is 10.8 Å². The van der Waals surface area contributed by atoms with Gasteiger partial charge in [-0.3, -0.25) is 0 Å². The molecule has 2 aliphatic carbocycles. The quantitative estimate of drug-likeness (QED) is 0.556. The Bertz CT molecular complexity index is 584. The number of rotatable bonds is 2. The minimum absolute atomic E-state index is 0.00568. The van der Waals surface area contributed by atoms with Crippen molar-refractivity contribution in [3.63, 3.8) is 0 Å². The summed E-state index contributed by atoms with van der Waals surface area (Å²) < 4.78 is 0. The van der Waals surface area contributed by atoms with Crippen molar-refractivity contribution in [1.29, 1.82) is 0 Å². The molecule has 0 aromatic rings. The molecule has 2 aliphatic rings. The maximum absolute atomic E-state index is 6.60. The maximum atomic E-state index is 6.60. The van der Waals surface area contributed by atoms with Gasteiger partial charge < -0.3 is 0 Å². The molecule has 0 fully saturated rings. The summed E-state index contributed by atoms with van der Waals surface area (Å²) in [5.41, 5.74) is 5.35. The summed E-state index contributed by atoms with van der Waals surface area (Å²) in [5.74, 6) is 0. The van der Waals surface area contributed by atoms with Crippen molar-refractivity contribution in [3.8, 4) is 0 Å². The van der Waals surface area contributed by atoms with Crippen LogP contribution in [0.1, 0.15) is 55.4 Å². The van der Waals surface area contributed by atoms with Gasteiger partial charge in [0.1, 0.15) is 0 Å². The fourth-order valence-corrected chi connectivity index (χ4v) is 7.19. The Hall–Kier alpha value is -0.243. The molecule has 0 nitrogen and oxygen atoms in total. The molecule has 0 unspecified atom stereocenters. The second-order valence-corrected chi connectivity index (χ2v) is 10.0. The predicted octanol–water partition coefficient (Wildman–Crippen LogP) is 5.81. The summed E-state index contributed by atoms with van der Waals surface area (Å²) in [6.45, 7) is 17.8. The van der Waals surface area contributed by atoms with E-state index in [1.54, 1.807) is 10.4 Å². The molecule has 0 atom stereocenters. The van der Waals surface area contributed by atoms with Gasteiger partial charge in [-0.1, -0.05) is 72.4 Å². The summed E-state index contributed by atoms with van der Waals surface area (Å²) in [4.78, 5) is 0. The van der Waals surface area contributed by atoms with Gasteiger partial charge in [-0.15, -0.1) is 0 Å². The first kappa shape index (κ1) is 17.1. The Morgan fingerprint density at radius 3 is 1.10 bits per heavy atom. The molecule has 0 aromatic carbocycles. The zero-order valence-corrected chi connectivity index (χ0v) is 17.4. The zero-order valence-electron chi connectivity index (χ0n) is 14.5. The molecule has 2 rings (SSSR count). The van der Waals surface area contributed by atoms with Gasteiger partial charge in [0.25, 0.3) is 0 Å². The highest BCUT2D eigenvalue weighted by atomic mass is 35.5. The minimum atomic E-state index is -0.559. The van der Waals surface area contributed by atoms with Crippen LogP contribution >= 0.6 is 23.2 Å². The summed E-state index contributed by atoms with van der Waals surface area (Å²) in [5, 5.41) is 5.19. The molecule has 0 saturated heterocycles. The third-order valence-corrected chi connectivity index (χ3v) is 10.7. The predicted molar refractivity (Wildman–Crippen MR) is 98.6 cm³/mol. The van der Waals surface area contributed by atoms with Crippen molar-refractivity contribution in [3.05, 3.63) is 42.7 Å². The van der Waals surface area contributed by atoms with Crippen LogP contribution in [-0.4, -0.2) is 9.52 Å². The Kier molecular flexibility index (Phi) is 4.19. The second-order valence-electron chi connectivity index (χ2n) is 7.51. The van der Waals surface area contributed by atoms with Crippen LogP contribution in [-0.2, 0) is 0 Å². The molecule has 0 N–H and O–H groups in total. The highest BCUT2D eigenvalue weighted by Crippen LogP contribution is 2.53. The molecule has 116 valence electrons. The van der Waals surface area contributed by atoms with E-state index < -0.39 is 9.52 Å². The van der Waals surface area contributed by atoms with Gasteiger partial charge in [-0.2, -0.15) is 0 Å². The number of allylic oxidation sites excluding steroid dienone is 8. The van der Waals surface area contributed by atoms with Gasteiger partial charge in [0, 0.05) is 20.9 Å². The van der Waals surface area contributed by atoms with E-state index in [-0.39, 0.29) is 10.8 Å². The normalized spacial score (nSPS) is 24.9. The van der Waals surface area contributed by atoms with Crippen molar-refractivity contribution in [2.24, 2.45) is 10.8 Å². The van der Waals surface area contributed by atoms with Crippen molar-refractivity contribution < 1.29 is 0 Å². The van der Waals surface area contributed by atoms with Crippen LogP contribution < -0.4 is 0 Å². The van der Waals surface area contributed by atoms with Crippen LogP contribution in [0.15, 0.2) is 42.7 Å².